The van der Waals surface area contributed by atoms with Crippen molar-refractivity contribution in [1.82, 2.24) is 4.31 Å². The van der Waals surface area contributed by atoms with Crippen LogP contribution < -0.4 is 0 Å². The van der Waals surface area contributed by atoms with Crippen molar-refractivity contribution in [3.8, 4) is 0 Å². The summed E-state index contributed by atoms with van der Waals surface area (Å²) >= 11 is 0. The van der Waals surface area contributed by atoms with Gasteiger partial charge in [-0.3, -0.25) is 4.79 Å². The lowest BCUT2D eigenvalue weighted by Crippen LogP contribution is -2.50. The molecule has 0 amide bonds. The molecule has 126 valence electrons. The van der Waals surface area contributed by atoms with Gasteiger partial charge in [0, 0.05) is 12.1 Å². The van der Waals surface area contributed by atoms with E-state index >= 15 is 0 Å². The van der Waals surface area contributed by atoms with Gasteiger partial charge in [-0.15, -0.1) is 0 Å². The highest BCUT2D eigenvalue weighted by atomic mass is 32.2. The van der Waals surface area contributed by atoms with E-state index < -0.39 is 16.3 Å². The van der Waals surface area contributed by atoms with Gasteiger partial charge in [0.25, 0.3) is 0 Å². The Balaban J connectivity index is 1.88. The third kappa shape index (κ3) is 3.33. The number of ether oxygens (including phenoxy) is 2. The molecule has 0 aliphatic carbocycles. The fraction of sp³-hybridized carbons (Fsp3) is 0.562. The molecule has 0 unspecified atom stereocenters. The van der Waals surface area contributed by atoms with Gasteiger partial charge in [-0.2, -0.15) is 4.31 Å². The predicted molar refractivity (Wildman–Crippen MR) is 83.7 cm³/mol. The van der Waals surface area contributed by atoms with Crippen LogP contribution in [-0.2, 0) is 19.5 Å². The highest BCUT2D eigenvalue weighted by Crippen LogP contribution is 2.30. The molecule has 0 N–H and O–H groups in total. The van der Waals surface area contributed by atoms with Crippen molar-refractivity contribution in [1.29, 1.82) is 0 Å². The minimum atomic E-state index is -3.63. The number of rotatable bonds is 4. The number of hydrogen-bond donors (Lipinski definition) is 0. The summed E-state index contributed by atoms with van der Waals surface area (Å²) in [5, 5.41) is 0. The van der Waals surface area contributed by atoms with E-state index in [-0.39, 0.29) is 16.7 Å². The van der Waals surface area contributed by atoms with Gasteiger partial charge in [-0.1, -0.05) is 18.6 Å². The topological polar surface area (TPSA) is 72.9 Å². The second-order valence-corrected chi connectivity index (χ2v) is 7.76. The van der Waals surface area contributed by atoms with E-state index in [1.807, 2.05) is 0 Å². The Hall–Kier alpha value is -1.28. The molecule has 2 heterocycles. The first-order valence-electron chi connectivity index (χ1n) is 7.86. The highest BCUT2D eigenvalue weighted by molar-refractivity contribution is 7.89. The van der Waals surface area contributed by atoms with Crippen LogP contribution in [0.3, 0.4) is 0 Å². The molecule has 0 spiro atoms. The monoisotopic (exact) mass is 339 g/mol. The van der Waals surface area contributed by atoms with Crippen LogP contribution >= 0.6 is 0 Å². The fourth-order valence-electron chi connectivity index (χ4n) is 3.10. The van der Waals surface area contributed by atoms with Crippen molar-refractivity contribution in [2.24, 2.45) is 0 Å². The number of Topliss-reactive ketones (excluding diaryl/α,β-unsaturated/α-hetero) is 1. The Morgan fingerprint density at radius 2 is 1.78 bits per heavy atom. The Bertz CT molecular complexity index is 664. The zero-order valence-electron chi connectivity index (χ0n) is 13.1. The van der Waals surface area contributed by atoms with E-state index in [2.05, 4.69) is 0 Å². The minimum absolute atomic E-state index is 0.0856. The summed E-state index contributed by atoms with van der Waals surface area (Å²) in [5.74, 6) is -0.0856. The van der Waals surface area contributed by atoms with Crippen LogP contribution in [-0.4, -0.2) is 50.6 Å². The zero-order valence-corrected chi connectivity index (χ0v) is 13.9. The van der Waals surface area contributed by atoms with Crippen molar-refractivity contribution < 1.29 is 22.7 Å². The molecule has 0 bridgehead atoms. The van der Waals surface area contributed by atoms with Gasteiger partial charge in [0.05, 0.1) is 24.2 Å². The maximum absolute atomic E-state index is 13.0. The maximum atomic E-state index is 13.0. The molecule has 2 aliphatic rings. The molecular weight excluding hydrogens is 318 g/mol. The standard InChI is InChI=1S/C16H21NO5S/c1-12(18)13-5-7-14(8-6-13)23(19,20)17-9-3-2-4-15(17)16-21-10-11-22-16/h5-8,15-16H,2-4,9-11H2,1H3/t15-/m0/s1. The average molecular weight is 339 g/mol. The number of ketones is 1. The van der Waals surface area contributed by atoms with Crippen LogP contribution in [0.5, 0.6) is 0 Å². The van der Waals surface area contributed by atoms with Crippen molar-refractivity contribution >= 4 is 15.8 Å². The van der Waals surface area contributed by atoms with E-state index in [4.69, 9.17) is 9.47 Å². The smallest absolute Gasteiger partial charge is 0.243 e. The number of sulfonamides is 1. The largest absolute Gasteiger partial charge is 0.349 e. The van der Waals surface area contributed by atoms with Gasteiger partial charge in [0.1, 0.15) is 0 Å². The highest BCUT2D eigenvalue weighted by Gasteiger charge is 2.40. The Morgan fingerprint density at radius 1 is 1.13 bits per heavy atom. The first-order valence-corrected chi connectivity index (χ1v) is 9.30. The van der Waals surface area contributed by atoms with Crippen molar-refractivity contribution in [3.63, 3.8) is 0 Å². The van der Waals surface area contributed by atoms with Crippen LogP contribution in [0.4, 0.5) is 0 Å². The van der Waals surface area contributed by atoms with E-state index in [1.54, 1.807) is 12.1 Å². The van der Waals surface area contributed by atoms with Crippen molar-refractivity contribution in [2.75, 3.05) is 19.8 Å². The summed E-state index contributed by atoms with van der Waals surface area (Å²) in [6.07, 6.45) is 2.04. The maximum Gasteiger partial charge on any atom is 0.243 e. The molecule has 0 saturated carbocycles. The summed E-state index contributed by atoms with van der Waals surface area (Å²) < 4.78 is 38.5. The van der Waals surface area contributed by atoms with Gasteiger partial charge < -0.3 is 9.47 Å². The quantitative estimate of drug-likeness (QED) is 0.782. The summed E-state index contributed by atoms with van der Waals surface area (Å²) in [6.45, 7) is 2.92. The number of hydrogen-bond acceptors (Lipinski definition) is 5. The van der Waals surface area contributed by atoms with E-state index in [0.29, 0.717) is 25.3 Å². The van der Waals surface area contributed by atoms with Gasteiger partial charge in [0.15, 0.2) is 12.1 Å². The Morgan fingerprint density at radius 3 is 2.39 bits per heavy atom. The van der Waals surface area contributed by atoms with Gasteiger partial charge in [-0.05, 0) is 31.9 Å². The molecule has 1 atom stereocenters. The predicted octanol–water partition coefficient (Wildman–Crippen LogP) is 1.81. The molecule has 2 aliphatic heterocycles. The number of benzene rings is 1. The molecule has 7 heteroatoms. The van der Waals surface area contributed by atoms with Gasteiger partial charge in [0.2, 0.25) is 10.0 Å². The first kappa shape index (κ1) is 16.6. The lowest BCUT2D eigenvalue weighted by atomic mass is 10.0. The number of carbonyl (C=O) groups excluding carboxylic acids is 1. The SMILES string of the molecule is CC(=O)c1ccc(S(=O)(=O)N2CCCC[C@H]2C2OCCO2)cc1. The summed E-state index contributed by atoms with van der Waals surface area (Å²) in [6, 6.07) is 5.80. The fourth-order valence-corrected chi connectivity index (χ4v) is 4.78. The van der Waals surface area contributed by atoms with Crippen LogP contribution in [0, 0.1) is 0 Å². The summed E-state index contributed by atoms with van der Waals surface area (Å²) in [7, 11) is -3.63. The lowest BCUT2D eigenvalue weighted by molar-refractivity contribution is -0.0913. The Kier molecular flexibility index (Phi) is 4.82. The molecule has 2 fully saturated rings. The normalized spacial score (nSPS) is 24.0. The van der Waals surface area contributed by atoms with Gasteiger partial charge >= 0.3 is 0 Å². The number of nitrogens with zero attached hydrogens (tertiary/aromatic N) is 1. The van der Waals surface area contributed by atoms with E-state index in [0.717, 1.165) is 19.3 Å². The number of piperidine rings is 1. The third-order valence-corrected chi connectivity index (χ3v) is 6.27. The molecule has 0 radical (unpaired) electrons. The molecule has 6 nitrogen and oxygen atoms in total. The van der Waals surface area contributed by atoms with Crippen LogP contribution in [0.15, 0.2) is 29.2 Å². The molecule has 23 heavy (non-hydrogen) atoms. The first-order chi connectivity index (χ1) is 11.0. The molecule has 3 rings (SSSR count). The summed E-state index contributed by atoms with van der Waals surface area (Å²) in [5.41, 5.74) is 0.501. The lowest BCUT2D eigenvalue weighted by Gasteiger charge is -2.36. The van der Waals surface area contributed by atoms with E-state index in [1.165, 1.54) is 23.4 Å². The zero-order chi connectivity index (χ0) is 16.4. The van der Waals surface area contributed by atoms with E-state index in [9.17, 15) is 13.2 Å². The molecule has 1 aromatic rings. The van der Waals surface area contributed by atoms with Crippen molar-refractivity contribution in [2.45, 2.75) is 43.4 Å². The molecule has 1 aromatic carbocycles. The van der Waals surface area contributed by atoms with Crippen molar-refractivity contribution in [3.05, 3.63) is 29.8 Å². The molecule has 2 saturated heterocycles. The third-order valence-electron chi connectivity index (χ3n) is 4.33. The second kappa shape index (κ2) is 6.68. The number of carbonyl (C=O) groups is 1. The minimum Gasteiger partial charge on any atom is -0.349 e. The van der Waals surface area contributed by atoms with Crippen LogP contribution in [0.2, 0.25) is 0 Å². The molecular formula is C16H21NO5S. The second-order valence-electron chi connectivity index (χ2n) is 5.87. The molecule has 0 aromatic heterocycles. The Labute approximate surface area is 136 Å². The summed E-state index contributed by atoms with van der Waals surface area (Å²) in [4.78, 5) is 11.5. The van der Waals surface area contributed by atoms with Gasteiger partial charge in [-0.25, -0.2) is 8.42 Å². The van der Waals surface area contributed by atoms with Crippen LogP contribution in [0.25, 0.3) is 0 Å². The van der Waals surface area contributed by atoms with Crippen LogP contribution in [0.1, 0.15) is 36.5 Å². The average Bonchev–Trinajstić information content (AvgIpc) is 3.09.